The van der Waals surface area contributed by atoms with Gasteiger partial charge in [0.15, 0.2) is 0 Å². The van der Waals surface area contributed by atoms with E-state index in [1.54, 1.807) is 0 Å². The third kappa shape index (κ3) is 4.56. The van der Waals surface area contributed by atoms with Crippen LogP contribution in [0.3, 0.4) is 0 Å². The fourth-order valence-electron chi connectivity index (χ4n) is 1.48. The first-order chi connectivity index (χ1) is 6.80. The lowest BCUT2D eigenvalue weighted by molar-refractivity contribution is 0.401. The molecule has 0 saturated heterocycles. The Morgan fingerprint density at radius 2 is 1.75 bits per heavy atom. The summed E-state index contributed by atoms with van der Waals surface area (Å²) in [5.41, 5.74) is 2.93. The van der Waals surface area contributed by atoms with Gasteiger partial charge in [0, 0.05) is 11.0 Å². The van der Waals surface area contributed by atoms with Gasteiger partial charge < -0.3 is 4.90 Å². The highest BCUT2D eigenvalue weighted by molar-refractivity contribution is 9.10. The number of nitrogens with zero attached hydrogens (tertiary/aromatic N) is 1. The van der Waals surface area contributed by atoms with Crippen molar-refractivity contribution < 1.29 is 0 Å². The number of benzene rings is 1. The van der Waals surface area contributed by atoms with E-state index < -0.39 is 0 Å². The van der Waals surface area contributed by atoms with Crippen LogP contribution in [0, 0.1) is 0 Å². The maximum atomic E-state index is 3.64. The zero-order valence-corrected chi connectivity index (χ0v) is 14.0. The minimum Gasteiger partial charge on any atom is -0.305 e. The van der Waals surface area contributed by atoms with E-state index in [0.29, 0.717) is 0 Å². The zero-order chi connectivity index (χ0) is 11.6. The second kappa shape index (κ2) is 6.18. The molecule has 1 aromatic carbocycles. The Labute approximate surface area is 118 Å². The standard InChI is InChI=1S/C13H20BrN.BrH/c1-13(2,3)11-7-6-10(9-15(4)5)12(14)8-11;/h6-8H,9H2,1-5H3;1H. The van der Waals surface area contributed by atoms with Crippen molar-refractivity contribution in [2.45, 2.75) is 32.7 Å². The second-order valence-corrected chi connectivity index (χ2v) is 6.15. The van der Waals surface area contributed by atoms with Crippen molar-refractivity contribution in [1.29, 1.82) is 0 Å². The van der Waals surface area contributed by atoms with E-state index in [9.17, 15) is 0 Å². The predicted molar refractivity (Wildman–Crippen MR) is 80.6 cm³/mol. The van der Waals surface area contributed by atoms with E-state index in [1.807, 2.05) is 0 Å². The molecule has 1 nitrogen and oxygen atoms in total. The van der Waals surface area contributed by atoms with Gasteiger partial charge in [0.05, 0.1) is 0 Å². The molecule has 3 heteroatoms. The molecule has 0 amide bonds. The van der Waals surface area contributed by atoms with Crippen LogP contribution in [0.1, 0.15) is 31.9 Å². The van der Waals surface area contributed by atoms with Gasteiger partial charge in [0.25, 0.3) is 0 Å². The molecule has 0 aliphatic carbocycles. The van der Waals surface area contributed by atoms with Crippen molar-refractivity contribution in [2.24, 2.45) is 0 Å². The zero-order valence-electron chi connectivity index (χ0n) is 10.7. The van der Waals surface area contributed by atoms with Gasteiger partial charge >= 0.3 is 0 Å². The lowest BCUT2D eigenvalue weighted by Gasteiger charge is -2.21. The van der Waals surface area contributed by atoms with Crippen molar-refractivity contribution >= 4 is 32.9 Å². The maximum Gasteiger partial charge on any atom is 0.0238 e. The number of halogens is 2. The molecule has 92 valence electrons. The van der Waals surface area contributed by atoms with Gasteiger partial charge in [0.1, 0.15) is 0 Å². The van der Waals surface area contributed by atoms with Crippen molar-refractivity contribution in [3.8, 4) is 0 Å². The normalized spacial score (nSPS) is 11.4. The average molecular weight is 351 g/mol. The van der Waals surface area contributed by atoms with Crippen molar-refractivity contribution in [2.75, 3.05) is 14.1 Å². The molecule has 0 spiro atoms. The Kier molecular flexibility index (Phi) is 6.23. The number of hydrogen-bond acceptors (Lipinski definition) is 1. The summed E-state index contributed by atoms with van der Waals surface area (Å²) in [7, 11) is 4.17. The van der Waals surface area contributed by atoms with E-state index in [0.717, 1.165) is 6.54 Å². The van der Waals surface area contributed by atoms with E-state index in [-0.39, 0.29) is 22.4 Å². The Morgan fingerprint density at radius 3 is 2.12 bits per heavy atom. The van der Waals surface area contributed by atoms with Crippen LogP contribution in [-0.2, 0) is 12.0 Å². The highest BCUT2D eigenvalue weighted by atomic mass is 79.9. The van der Waals surface area contributed by atoms with Crippen LogP contribution in [0.25, 0.3) is 0 Å². The summed E-state index contributed by atoms with van der Waals surface area (Å²) in [6.45, 7) is 7.69. The van der Waals surface area contributed by atoms with Gasteiger partial charge in [-0.15, -0.1) is 17.0 Å². The first-order valence-electron chi connectivity index (χ1n) is 5.24. The monoisotopic (exact) mass is 349 g/mol. The molecule has 0 atom stereocenters. The molecule has 1 rings (SSSR count). The molecule has 0 N–H and O–H groups in total. The number of rotatable bonds is 2. The molecule has 0 aliphatic rings. The molecule has 0 bridgehead atoms. The minimum atomic E-state index is 0. The predicted octanol–water partition coefficient (Wildman–Crippen LogP) is 4.39. The summed E-state index contributed by atoms with van der Waals surface area (Å²) in [4.78, 5) is 2.18. The Hall–Kier alpha value is 0.140. The fraction of sp³-hybridized carbons (Fsp3) is 0.538. The molecule has 0 aromatic heterocycles. The van der Waals surface area contributed by atoms with Crippen molar-refractivity contribution in [1.82, 2.24) is 4.90 Å². The summed E-state index contributed by atoms with van der Waals surface area (Å²) in [6, 6.07) is 6.67. The SMILES string of the molecule is Br.CN(C)Cc1ccc(C(C)(C)C)cc1Br. The fourth-order valence-corrected chi connectivity index (χ4v) is 1.99. The van der Waals surface area contributed by atoms with E-state index in [4.69, 9.17) is 0 Å². The maximum absolute atomic E-state index is 3.64. The molecule has 0 fully saturated rings. The molecule has 0 heterocycles. The van der Waals surface area contributed by atoms with Gasteiger partial charge in [-0.25, -0.2) is 0 Å². The quantitative estimate of drug-likeness (QED) is 0.764. The Morgan fingerprint density at radius 1 is 1.19 bits per heavy atom. The smallest absolute Gasteiger partial charge is 0.0238 e. The molecular formula is C13H21Br2N. The van der Waals surface area contributed by atoms with Crippen molar-refractivity contribution in [3.05, 3.63) is 33.8 Å². The van der Waals surface area contributed by atoms with E-state index in [2.05, 4.69) is 73.9 Å². The van der Waals surface area contributed by atoms with Crippen LogP contribution in [0.2, 0.25) is 0 Å². The van der Waals surface area contributed by atoms with Crippen LogP contribution in [0.5, 0.6) is 0 Å². The Balaban J connectivity index is 0.00000225. The Bertz CT molecular complexity index is 340. The lowest BCUT2D eigenvalue weighted by Crippen LogP contribution is -2.13. The average Bonchev–Trinajstić information content (AvgIpc) is 2.05. The van der Waals surface area contributed by atoms with Gasteiger partial charge in [-0.2, -0.15) is 0 Å². The number of hydrogen-bond donors (Lipinski definition) is 0. The summed E-state index contributed by atoms with van der Waals surface area (Å²) in [5.74, 6) is 0. The van der Waals surface area contributed by atoms with Crippen LogP contribution in [-0.4, -0.2) is 19.0 Å². The summed E-state index contributed by atoms with van der Waals surface area (Å²) in [5, 5.41) is 0. The highest BCUT2D eigenvalue weighted by Gasteiger charge is 2.14. The molecule has 16 heavy (non-hydrogen) atoms. The highest BCUT2D eigenvalue weighted by Crippen LogP contribution is 2.27. The molecular weight excluding hydrogens is 330 g/mol. The van der Waals surface area contributed by atoms with Gasteiger partial charge in [0.2, 0.25) is 0 Å². The second-order valence-electron chi connectivity index (χ2n) is 5.29. The van der Waals surface area contributed by atoms with Crippen LogP contribution >= 0.6 is 32.9 Å². The first kappa shape index (κ1) is 16.1. The third-order valence-corrected chi connectivity index (χ3v) is 3.14. The lowest BCUT2D eigenvalue weighted by atomic mass is 9.87. The van der Waals surface area contributed by atoms with Crippen molar-refractivity contribution in [3.63, 3.8) is 0 Å². The molecule has 0 aliphatic heterocycles. The first-order valence-corrected chi connectivity index (χ1v) is 6.03. The summed E-state index contributed by atoms with van der Waals surface area (Å²) >= 11 is 3.64. The molecule has 0 unspecified atom stereocenters. The van der Waals surface area contributed by atoms with Gasteiger partial charge in [-0.3, -0.25) is 0 Å². The van der Waals surface area contributed by atoms with Gasteiger partial charge in [-0.1, -0.05) is 48.8 Å². The topological polar surface area (TPSA) is 3.24 Å². The van der Waals surface area contributed by atoms with E-state index in [1.165, 1.54) is 15.6 Å². The summed E-state index contributed by atoms with van der Waals surface area (Å²) < 4.78 is 1.21. The largest absolute Gasteiger partial charge is 0.305 e. The van der Waals surface area contributed by atoms with Crippen LogP contribution in [0.4, 0.5) is 0 Å². The molecule has 0 radical (unpaired) electrons. The minimum absolute atomic E-state index is 0. The molecule has 0 saturated carbocycles. The molecule has 1 aromatic rings. The third-order valence-electron chi connectivity index (χ3n) is 2.41. The van der Waals surface area contributed by atoms with Crippen LogP contribution in [0.15, 0.2) is 22.7 Å². The summed E-state index contributed by atoms with van der Waals surface area (Å²) in [6.07, 6.45) is 0. The van der Waals surface area contributed by atoms with Crippen LogP contribution < -0.4 is 0 Å². The van der Waals surface area contributed by atoms with E-state index >= 15 is 0 Å². The van der Waals surface area contributed by atoms with Gasteiger partial charge in [-0.05, 0) is 36.7 Å².